The summed E-state index contributed by atoms with van der Waals surface area (Å²) in [5, 5.41) is 10.4. The van der Waals surface area contributed by atoms with Crippen LogP contribution in [0.4, 0.5) is 5.95 Å². The van der Waals surface area contributed by atoms with Gasteiger partial charge in [0.15, 0.2) is 0 Å². The molecule has 10 heteroatoms. The van der Waals surface area contributed by atoms with Crippen LogP contribution in [0.5, 0.6) is 5.75 Å². The molecule has 4 rings (SSSR count). The first-order valence-electron chi connectivity index (χ1n) is 7.91. The summed E-state index contributed by atoms with van der Waals surface area (Å²) in [5.41, 5.74) is 1.73. The van der Waals surface area contributed by atoms with Crippen LogP contribution < -0.4 is 10.1 Å². The van der Waals surface area contributed by atoms with Gasteiger partial charge in [-0.1, -0.05) is 34.8 Å². The molecule has 0 radical (unpaired) electrons. The van der Waals surface area contributed by atoms with Gasteiger partial charge in [-0.05, 0) is 36.4 Å². The number of amides is 1. The summed E-state index contributed by atoms with van der Waals surface area (Å²) >= 11 is 19.7. The number of benzene rings is 2. The lowest BCUT2D eigenvalue weighted by atomic mass is 10.2. The van der Waals surface area contributed by atoms with Crippen LogP contribution in [-0.2, 0) is 0 Å². The average molecular weight is 454 g/mol. The van der Waals surface area contributed by atoms with Gasteiger partial charge in [0.2, 0.25) is 4.96 Å². The Hall–Kier alpha value is -2.32. The molecule has 1 N–H and O–H groups in total. The first-order chi connectivity index (χ1) is 13.5. The van der Waals surface area contributed by atoms with Gasteiger partial charge in [-0.3, -0.25) is 10.1 Å². The van der Waals surface area contributed by atoms with Crippen LogP contribution in [0.15, 0.2) is 41.8 Å². The van der Waals surface area contributed by atoms with Crippen molar-refractivity contribution in [3.63, 3.8) is 0 Å². The van der Waals surface area contributed by atoms with Gasteiger partial charge in [0.1, 0.15) is 5.75 Å². The number of anilines is 1. The Morgan fingerprint density at radius 1 is 1.14 bits per heavy atom. The maximum Gasteiger partial charge on any atom is 0.261 e. The molecule has 0 unspecified atom stereocenters. The van der Waals surface area contributed by atoms with Crippen LogP contribution in [0.1, 0.15) is 10.4 Å². The second-order valence-corrected chi connectivity index (χ2v) is 7.79. The summed E-state index contributed by atoms with van der Waals surface area (Å²) in [4.78, 5) is 17.6. The summed E-state index contributed by atoms with van der Waals surface area (Å²) < 4.78 is 6.82. The number of carbonyl (C=O) groups is 1. The van der Waals surface area contributed by atoms with Crippen molar-refractivity contribution in [3.8, 4) is 17.0 Å². The molecule has 0 saturated heterocycles. The highest BCUT2D eigenvalue weighted by Crippen LogP contribution is 2.33. The van der Waals surface area contributed by atoms with Crippen LogP contribution in [0.3, 0.4) is 0 Å². The number of fused-ring (bicyclic) bond motifs is 1. The van der Waals surface area contributed by atoms with E-state index in [0.29, 0.717) is 25.8 Å². The molecular weight excluding hydrogens is 443 g/mol. The molecular formula is C18H11Cl3N4O2S. The number of rotatable bonds is 4. The van der Waals surface area contributed by atoms with Crippen LogP contribution >= 0.6 is 46.1 Å². The van der Waals surface area contributed by atoms with Gasteiger partial charge in [-0.2, -0.15) is 4.98 Å². The number of hydrogen-bond donors (Lipinski definition) is 1. The van der Waals surface area contributed by atoms with Gasteiger partial charge in [0, 0.05) is 21.0 Å². The first kappa shape index (κ1) is 19.0. The molecule has 1 amide bonds. The summed E-state index contributed by atoms with van der Waals surface area (Å²) in [5.74, 6) is 0.118. The number of ether oxygens (including phenoxy) is 1. The first-order valence-corrected chi connectivity index (χ1v) is 9.92. The van der Waals surface area contributed by atoms with E-state index in [0.717, 1.165) is 11.3 Å². The molecule has 0 atom stereocenters. The van der Waals surface area contributed by atoms with E-state index in [4.69, 9.17) is 39.5 Å². The summed E-state index contributed by atoms with van der Waals surface area (Å²) in [6.07, 6.45) is 0. The van der Waals surface area contributed by atoms with Gasteiger partial charge in [-0.25, -0.2) is 4.52 Å². The zero-order valence-electron chi connectivity index (χ0n) is 14.2. The maximum absolute atomic E-state index is 12.6. The molecule has 0 spiro atoms. The summed E-state index contributed by atoms with van der Waals surface area (Å²) in [6, 6.07) is 9.96. The van der Waals surface area contributed by atoms with Crippen molar-refractivity contribution in [2.45, 2.75) is 0 Å². The van der Waals surface area contributed by atoms with Crippen molar-refractivity contribution in [2.24, 2.45) is 0 Å². The summed E-state index contributed by atoms with van der Waals surface area (Å²) in [6.45, 7) is 0. The molecule has 2 aromatic heterocycles. The van der Waals surface area contributed by atoms with Crippen molar-refractivity contribution in [1.29, 1.82) is 0 Å². The monoisotopic (exact) mass is 452 g/mol. The van der Waals surface area contributed by atoms with Crippen molar-refractivity contribution in [2.75, 3.05) is 12.4 Å². The van der Waals surface area contributed by atoms with Crippen molar-refractivity contribution in [3.05, 3.63) is 62.4 Å². The minimum absolute atomic E-state index is 0.151. The number of methoxy groups -OCH3 is 1. The van der Waals surface area contributed by atoms with Crippen molar-refractivity contribution >= 4 is 63.0 Å². The lowest BCUT2D eigenvalue weighted by Gasteiger charge is -2.07. The molecule has 0 saturated carbocycles. The molecule has 0 aliphatic carbocycles. The van der Waals surface area contributed by atoms with E-state index in [-0.39, 0.29) is 11.5 Å². The fraction of sp³-hybridized carbons (Fsp3) is 0.0556. The van der Waals surface area contributed by atoms with Gasteiger partial charge in [0.25, 0.3) is 11.9 Å². The van der Waals surface area contributed by atoms with Crippen LogP contribution in [0, 0.1) is 0 Å². The standard InChI is InChI=1S/C18H11Cl3N4O2S/c1-27-15-5-3-10(20)7-12(15)16(26)22-17-23-18-25(24-17)14(8-28-18)11-6-9(19)2-4-13(11)21/h2-8H,1H3,(H,22,24,26). The molecule has 0 aliphatic rings. The lowest BCUT2D eigenvalue weighted by Crippen LogP contribution is -2.14. The maximum atomic E-state index is 12.6. The lowest BCUT2D eigenvalue weighted by molar-refractivity contribution is 0.102. The van der Waals surface area contributed by atoms with Gasteiger partial charge in [0.05, 0.1) is 23.4 Å². The third-order valence-corrected chi connectivity index (χ3v) is 5.53. The molecule has 4 aromatic rings. The third-order valence-electron chi connectivity index (χ3n) is 3.92. The van der Waals surface area contributed by atoms with Gasteiger partial charge >= 0.3 is 0 Å². The summed E-state index contributed by atoms with van der Waals surface area (Å²) in [7, 11) is 1.48. The highest BCUT2D eigenvalue weighted by Gasteiger charge is 2.18. The molecule has 0 fully saturated rings. The van der Waals surface area contributed by atoms with Crippen molar-refractivity contribution < 1.29 is 9.53 Å². The fourth-order valence-corrected chi connectivity index (χ4v) is 4.02. The van der Waals surface area contributed by atoms with E-state index in [1.807, 2.05) is 5.38 Å². The topological polar surface area (TPSA) is 68.5 Å². The van der Waals surface area contributed by atoms with Gasteiger partial charge < -0.3 is 4.74 Å². The predicted molar refractivity (Wildman–Crippen MR) is 112 cm³/mol. The molecule has 2 aromatic carbocycles. The number of halogens is 3. The minimum atomic E-state index is -0.431. The smallest absolute Gasteiger partial charge is 0.261 e. The molecule has 142 valence electrons. The highest BCUT2D eigenvalue weighted by atomic mass is 35.5. The molecule has 0 bridgehead atoms. The Labute approximate surface area is 178 Å². The van der Waals surface area contributed by atoms with E-state index in [1.54, 1.807) is 34.8 Å². The normalized spacial score (nSPS) is 11.0. The Bertz CT molecular complexity index is 1200. The van der Waals surface area contributed by atoms with Crippen LogP contribution in [-0.4, -0.2) is 27.6 Å². The zero-order valence-corrected chi connectivity index (χ0v) is 17.3. The molecule has 0 aliphatic heterocycles. The number of hydrogen-bond acceptors (Lipinski definition) is 5. The fourth-order valence-electron chi connectivity index (χ4n) is 2.64. The van der Waals surface area contributed by atoms with E-state index < -0.39 is 5.91 Å². The number of nitrogens with zero attached hydrogens (tertiary/aromatic N) is 3. The second kappa shape index (κ2) is 7.60. The largest absolute Gasteiger partial charge is 0.496 e. The van der Waals surface area contributed by atoms with E-state index in [2.05, 4.69) is 15.4 Å². The zero-order chi connectivity index (χ0) is 19.8. The van der Waals surface area contributed by atoms with Crippen LogP contribution in [0.2, 0.25) is 15.1 Å². The highest BCUT2D eigenvalue weighted by molar-refractivity contribution is 7.15. The Morgan fingerprint density at radius 3 is 2.68 bits per heavy atom. The minimum Gasteiger partial charge on any atom is -0.496 e. The molecule has 28 heavy (non-hydrogen) atoms. The number of carbonyl (C=O) groups excluding carboxylic acids is 1. The van der Waals surface area contributed by atoms with E-state index in [9.17, 15) is 4.79 Å². The number of thiazole rings is 1. The Balaban J connectivity index is 1.68. The van der Waals surface area contributed by atoms with Crippen LogP contribution in [0.25, 0.3) is 16.2 Å². The quantitative estimate of drug-likeness (QED) is 0.432. The van der Waals surface area contributed by atoms with E-state index in [1.165, 1.54) is 24.5 Å². The van der Waals surface area contributed by atoms with Crippen molar-refractivity contribution in [1.82, 2.24) is 14.6 Å². The average Bonchev–Trinajstić information content (AvgIpc) is 3.24. The third kappa shape index (κ3) is 3.54. The van der Waals surface area contributed by atoms with Gasteiger partial charge in [-0.15, -0.1) is 16.4 Å². The number of aromatic nitrogens is 3. The SMILES string of the molecule is COc1ccc(Cl)cc1C(=O)Nc1nc2scc(-c3cc(Cl)ccc3Cl)n2n1. The van der Waals surface area contributed by atoms with E-state index >= 15 is 0 Å². The molecule has 6 nitrogen and oxygen atoms in total. The second-order valence-electron chi connectivity index (χ2n) is 5.67. The number of nitrogens with one attached hydrogen (secondary N) is 1. The predicted octanol–water partition coefficient (Wildman–Crippen LogP) is 5.68. The molecule has 2 heterocycles. The Morgan fingerprint density at radius 2 is 1.89 bits per heavy atom. The Kier molecular flexibility index (Phi) is 5.16.